The zero-order valence-corrected chi connectivity index (χ0v) is 9.10. The third-order valence-corrected chi connectivity index (χ3v) is 2.02. The van der Waals surface area contributed by atoms with Crippen LogP contribution in [-0.2, 0) is 0 Å². The molecule has 78 valence electrons. The minimum Gasteiger partial charge on any atom is -0.399 e. The zero-order valence-electron chi connectivity index (χ0n) is 8.34. The molecular formula is C10H15ClN2O. The summed E-state index contributed by atoms with van der Waals surface area (Å²) in [5.41, 5.74) is 6.20. The summed E-state index contributed by atoms with van der Waals surface area (Å²) < 4.78 is 0. The summed E-state index contributed by atoms with van der Waals surface area (Å²) in [6, 6.07) is 5.23. The van der Waals surface area contributed by atoms with Gasteiger partial charge in [0.25, 0.3) is 0 Å². The molecule has 0 radical (unpaired) electrons. The lowest BCUT2D eigenvalue weighted by Crippen LogP contribution is -2.29. The lowest BCUT2D eigenvalue weighted by atomic mass is 10.1. The first-order chi connectivity index (χ1) is 6.38. The van der Waals surface area contributed by atoms with E-state index in [0.29, 0.717) is 17.3 Å². The molecule has 1 rings (SSSR count). The molecule has 1 aromatic rings. The predicted octanol–water partition coefficient (Wildman–Crippen LogP) is 2.10. The van der Waals surface area contributed by atoms with Gasteiger partial charge in [-0.25, -0.2) is 0 Å². The molecule has 4 heteroatoms. The first kappa shape index (κ1) is 11.1. The second-order valence-electron chi connectivity index (χ2n) is 3.91. The fraction of sp³-hybridized carbons (Fsp3) is 0.400. The predicted molar refractivity (Wildman–Crippen MR) is 60.7 cm³/mol. The number of aliphatic hydroxyl groups is 1. The van der Waals surface area contributed by atoms with Crippen LogP contribution >= 0.6 is 11.6 Å². The van der Waals surface area contributed by atoms with Gasteiger partial charge in [-0.3, -0.25) is 0 Å². The molecule has 0 amide bonds. The van der Waals surface area contributed by atoms with E-state index in [1.54, 1.807) is 32.0 Å². The summed E-state index contributed by atoms with van der Waals surface area (Å²) in [6.07, 6.45) is 0. The van der Waals surface area contributed by atoms with E-state index < -0.39 is 5.60 Å². The average molecular weight is 215 g/mol. The monoisotopic (exact) mass is 214 g/mol. The second-order valence-corrected chi connectivity index (χ2v) is 4.31. The molecule has 0 atom stereocenters. The van der Waals surface area contributed by atoms with Crippen LogP contribution < -0.4 is 11.1 Å². The number of nitrogens with one attached hydrogen (secondary N) is 1. The minimum absolute atomic E-state index is 0.441. The van der Waals surface area contributed by atoms with E-state index in [1.807, 2.05) is 0 Å². The number of hydrogen-bond donors (Lipinski definition) is 3. The van der Waals surface area contributed by atoms with Crippen molar-refractivity contribution in [3.63, 3.8) is 0 Å². The maximum atomic E-state index is 9.49. The van der Waals surface area contributed by atoms with Crippen LogP contribution in [0.5, 0.6) is 0 Å². The normalized spacial score (nSPS) is 11.4. The fourth-order valence-corrected chi connectivity index (χ4v) is 1.24. The van der Waals surface area contributed by atoms with Gasteiger partial charge in [0, 0.05) is 12.2 Å². The molecule has 0 aliphatic carbocycles. The molecule has 14 heavy (non-hydrogen) atoms. The van der Waals surface area contributed by atoms with Crippen molar-refractivity contribution >= 4 is 23.0 Å². The zero-order chi connectivity index (χ0) is 10.8. The van der Waals surface area contributed by atoms with Crippen molar-refractivity contribution in [2.24, 2.45) is 0 Å². The van der Waals surface area contributed by atoms with E-state index in [0.717, 1.165) is 5.69 Å². The molecule has 4 N–H and O–H groups in total. The van der Waals surface area contributed by atoms with Gasteiger partial charge < -0.3 is 16.2 Å². The molecule has 1 aromatic carbocycles. The van der Waals surface area contributed by atoms with Crippen molar-refractivity contribution < 1.29 is 5.11 Å². The van der Waals surface area contributed by atoms with Crippen LogP contribution in [0.4, 0.5) is 11.4 Å². The molecule has 0 heterocycles. The van der Waals surface area contributed by atoms with Crippen molar-refractivity contribution in [2.75, 3.05) is 17.6 Å². The van der Waals surface area contributed by atoms with E-state index in [2.05, 4.69) is 5.32 Å². The Morgan fingerprint density at radius 2 is 2.14 bits per heavy atom. The highest BCUT2D eigenvalue weighted by atomic mass is 35.5. The number of anilines is 2. The standard InChI is InChI=1S/C10H15ClN2O/c1-10(2,14)6-13-9-4-3-7(12)5-8(9)11/h3-5,13-14H,6,12H2,1-2H3. The number of benzene rings is 1. The summed E-state index contributed by atoms with van der Waals surface area (Å²) in [6.45, 7) is 3.90. The van der Waals surface area contributed by atoms with Gasteiger partial charge in [0.1, 0.15) is 0 Å². The Morgan fingerprint density at radius 1 is 1.50 bits per heavy atom. The molecular weight excluding hydrogens is 200 g/mol. The summed E-state index contributed by atoms with van der Waals surface area (Å²) in [5.74, 6) is 0. The smallest absolute Gasteiger partial charge is 0.0763 e. The van der Waals surface area contributed by atoms with Gasteiger partial charge in [-0.15, -0.1) is 0 Å². The van der Waals surface area contributed by atoms with Crippen molar-refractivity contribution in [1.29, 1.82) is 0 Å². The maximum absolute atomic E-state index is 9.49. The maximum Gasteiger partial charge on any atom is 0.0763 e. The Balaban J connectivity index is 2.68. The second kappa shape index (κ2) is 4.07. The number of nitrogen functional groups attached to an aromatic ring is 1. The van der Waals surface area contributed by atoms with Gasteiger partial charge in [-0.05, 0) is 32.0 Å². The SMILES string of the molecule is CC(C)(O)CNc1ccc(N)cc1Cl. The number of rotatable bonds is 3. The van der Waals surface area contributed by atoms with Gasteiger partial charge in [0.15, 0.2) is 0 Å². The van der Waals surface area contributed by atoms with Crippen LogP contribution in [0.1, 0.15) is 13.8 Å². The lowest BCUT2D eigenvalue weighted by molar-refractivity contribution is 0.0945. The van der Waals surface area contributed by atoms with Crippen LogP contribution in [0.15, 0.2) is 18.2 Å². The van der Waals surface area contributed by atoms with Gasteiger partial charge in [-0.1, -0.05) is 11.6 Å². The summed E-state index contributed by atoms with van der Waals surface area (Å²) in [7, 11) is 0. The van der Waals surface area contributed by atoms with E-state index in [-0.39, 0.29) is 0 Å². The molecule has 0 fully saturated rings. The van der Waals surface area contributed by atoms with Crippen LogP contribution in [0, 0.1) is 0 Å². The minimum atomic E-state index is -0.759. The Labute approximate surface area is 88.9 Å². The van der Waals surface area contributed by atoms with Crippen LogP contribution in [0.25, 0.3) is 0 Å². The molecule has 0 aliphatic heterocycles. The average Bonchev–Trinajstić information content (AvgIpc) is 2.00. The number of halogens is 1. The summed E-state index contributed by atoms with van der Waals surface area (Å²) >= 11 is 5.93. The summed E-state index contributed by atoms with van der Waals surface area (Å²) in [5, 5.41) is 13.1. The molecule has 0 saturated heterocycles. The fourth-order valence-electron chi connectivity index (χ4n) is 0.986. The molecule has 0 aliphatic rings. The van der Waals surface area contributed by atoms with Gasteiger partial charge in [0.05, 0.1) is 16.3 Å². The molecule has 0 saturated carbocycles. The first-order valence-electron chi connectivity index (χ1n) is 4.40. The van der Waals surface area contributed by atoms with Gasteiger partial charge >= 0.3 is 0 Å². The Hall–Kier alpha value is -0.930. The Morgan fingerprint density at radius 3 is 2.64 bits per heavy atom. The van der Waals surface area contributed by atoms with Crippen molar-refractivity contribution in [3.8, 4) is 0 Å². The van der Waals surface area contributed by atoms with Crippen LogP contribution in [0.2, 0.25) is 5.02 Å². The van der Waals surface area contributed by atoms with Crippen LogP contribution in [0.3, 0.4) is 0 Å². The van der Waals surface area contributed by atoms with Crippen molar-refractivity contribution in [2.45, 2.75) is 19.4 Å². The summed E-state index contributed by atoms with van der Waals surface area (Å²) in [4.78, 5) is 0. The van der Waals surface area contributed by atoms with Crippen molar-refractivity contribution in [1.82, 2.24) is 0 Å². The highest BCUT2D eigenvalue weighted by Gasteiger charge is 2.12. The van der Waals surface area contributed by atoms with E-state index in [4.69, 9.17) is 17.3 Å². The lowest BCUT2D eigenvalue weighted by Gasteiger charge is -2.19. The Kier molecular flexibility index (Phi) is 3.24. The molecule has 0 bridgehead atoms. The molecule has 3 nitrogen and oxygen atoms in total. The van der Waals surface area contributed by atoms with Crippen LogP contribution in [-0.4, -0.2) is 17.3 Å². The van der Waals surface area contributed by atoms with E-state index in [9.17, 15) is 5.11 Å². The number of nitrogens with two attached hydrogens (primary N) is 1. The molecule has 0 unspecified atom stereocenters. The molecule has 0 aromatic heterocycles. The largest absolute Gasteiger partial charge is 0.399 e. The third kappa shape index (κ3) is 3.44. The third-order valence-electron chi connectivity index (χ3n) is 1.70. The highest BCUT2D eigenvalue weighted by molar-refractivity contribution is 6.33. The topological polar surface area (TPSA) is 58.3 Å². The first-order valence-corrected chi connectivity index (χ1v) is 4.77. The Bertz CT molecular complexity index is 320. The highest BCUT2D eigenvalue weighted by Crippen LogP contribution is 2.24. The van der Waals surface area contributed by atoms with Crippen molar-refractivity contribution in [3.05, 3.63) is 23.2 Å². The van der Waals surface area contributed by atoms with E-state index in [1.165, 1.54) is 0 Å². The van der Waals surface area contributed by atoms with E-state index >= 15 is 0 Å². The van der Waals surface area contributed by atoms with Gasteiger partial charge in [0.2, 0.25) is 0 Å². The molecule has 0 spiro atoms. The van der Waals surface area contributed by atoms with Gasteiger partial charge in [-0.2, -0.15) is 0 Å². The quantitative estimate of drug-likeness (QED) is 0.676. The number of hydrogen-bond acceptors (Lipinski definition) is 3.